The Morgan fingerprint density at radius 3 is 2.44 bits per heavy atom. The maximum absolute atomic E-state index is 13.4. The molecule has 0 unspecified atom stereocenters. The van der Waals surface area contributed by atoms with Crippen LogP contribution in [0.5, 0.6) is 5.75 Å². The van der Waals surface area contributed by atoms with Crippen molar-refractivity contribution < 1.29 is 17.9 Å². The van der Waals surface area contributed by atoms with Crippen LogP contribution in [0, 0.1) is 6.92 Å². The van der Waals surface area contributed by atoms with Crippen LogP contribution in [0.3, 0.4) is 0 Å². The van der Waals surface area contributed by atoms with E-state index in [1.54, 1.807) is 71.9 Å². The van der Waals surface area contributed by atoms with Gasteiger partial charge in [-0.25, -0.2) is 13.4 Å². The van der Waals surface area contributed by atoms with E-state index in [2.05, 4.69) is 9.62 Å². The van der Waals surface area contributed by atoms with Crippen LogP contribution in [0.2, 0.25) is 0 Å². The second-order valence-corrected chi connectivity index (χ2v) is 11.3. The molecule has 4 aromatic rings. The maximum atomic E-state index is 13.4. The summed E-state index contributed by atoms with van der Waals surface area (Å²) in [5, 5.41) is 0.914. The molecule has 5 rings (SSSR count). The Hall–Kier alpha value is -3.63. The first-order chi connectivity index (χ1) is 17.3. The summed E-state index contributed by atoms with van der Waals surface area (Å²) in [6, 6.07) is 19.1. The average Bonchev–Trinajstić information content (AvgIpc) is 3.32. The lowest BCUT2D eigenvalue weighted by molar-refractivity contribution is 0.0748. The van der Waals surface area contributed by atoms with Gasteiger partial charge in [-0.15, -0.1) is 0 Å². The largest absolute Gasteiger partial charge is 0.497 e. The van der Waals surface area contributed by atoms with Crippen LogP contribution in [0.25, 0.3) is 10.2 Å². The molecule has 2 heterocycles. The maximum Gasteiger partial charge on any atom is 0.261 e. The van der Waals surface area contributed by atoms with E-state index in [-0.39, 0.29) is 16.5 Å². The van der Waals surface area contributed by atoms with Gasteiger partial charge < -0.3 is 14.5 Å². The molecule has 36 heavy (non-hydrogen) atoms. The van der Waals surface area contributed by atoms with Crippen molar-refractivity contribution in [1.29, 1.82) is 0 Å². The number of hydrogen-bond donors (Lipinski definition) is 1. The lowest BCUT2D eigenvalue weighted by Crippen LogP contribution is -2.48. The molecule has 10 heteroatoms. The third-order valence-corrected chi connectivity index (χ3v) is 8.62. The Morgan fingerprint density at radius 2 is 1.72 bits per heavy atom. The first kappa shape index (κ1) is 24.1. The van der Waals surface area contributed by atoms with E-state index in [0.29, 0.717) is 31.7 Å². The van der Waals surface area contributed by atoms with Crippen LogP contribution < -0.4 is 14.4 Å². The lowest BCUT2D eigenvalue weighted by atomic mass is 10.1. The minimum absolute atomic E-state index is 0.150. The van der Waals surface area contributed by atoms with Crippen LogP contribution in [0.15, 0.2) is 71.6 Å². The number of para-hydroxylation sites is 1. The van der Waals surface area contributed by atoms with Gasteiger partial charge in [-0.05, 0) is 49.4 Å². The van der Waals surface area contributed by atoms with Crippen molar-refractivity contribution in [3.05, 3.63) is 77.9 Å². The molecule has 1 aromatic heterocycles. The summed E-state index contributed by atoms with van der Waals surface area (Å²) in [7, 11) is -2.18. The Morgan fingerprint density at radius 1 is 1.00 bits per heavy atom. The monoisotopic (exact) mass is 522 g/mol. The number of rotatable bonds is 6. The number of fused-ring (bicyclic) bond motifs is 1. The summed E-state index contributed by atoms with van der Waals surface area (Å²) < 4.78 is 34.8. The highest BCUT2D eigenvalue weighted by Crippen LogP contribution is 2.32. The van der Waals surface area contributed by atoms with Crippen LogP contribution in [-0.4, -0.2) is 57.5 Å². The van der Waals surface area contributed by atoms with Gasteiger partial charge in [-0.2, -0.15) is 0 Å². The first-order valence-corrected chi connectivity index (χ1v) is 13.8. The fourth-order valence-corrected chi connectivity index (χ4v) is 6.23. The van der Waals surface area contributed by atoms with Gasteiger partial charge in [0.15, 0.2) is 5.13 Å². The van der Waals surface area contributed by atoms with Crippen LogP contribution in [-0.2, 0) is 10.0 Å². The van der Waals surface area contributed by atoms with Gasteiger partial charge >= 0.3 is 0 Å². The highest BCUT2D eigenvalue weighted by atomic mass is 32.2. The fraction of sp³-hybridized carbons (Fsp3) is 0.231. The summed E-state index contributed by atoms with van der Waals surface area (Å²) in [4.78, 5) is 22.2. The van der Waals surface area contributed by atoms with E-state index in [1.807, 2.05) is 25.1 Å². The predicted molar refractivity (Wildman–Crippen MR) is 143 cm³/mol. The fourth-order valence-electron chi connectivity index (χ4n) is 4.11. The number of methoxy groups -OCH3 is 1. The molecule has 3 aromatic carbocycles. The average molecular weight is 523 g/mol. The molecule has 1 N–H and O–H groups in total. The second kappa shape index (κ2) is 9.79. The number of thiazole rings is 1. The Kier molecular flexibility index (Phi) is 6.55. The molecular weight excluding hydrogens is 496 g/mol. The highest BCUT2D eigenvalue weighted by molar-refractivity contribution is 7.92. The quantitative estimate of drug-likeness (QED) is 0.404. The molecule has 1 aliphatic rings. The van der Waals surface area contributed by atoms with E-state index >= 15 is 0 Å². The molecule has 0 aliphatic carbocycles. The van der Waals surface area contributed by atoms with Gasteiger partial charge in [0.25, 0.3) is 15.9 Å². The summed E-state index contributed by atoms with van der Waals surface area (Å²) in [5.74, 6) is 0.593. The number of carbonyl (C=O) groups is 1. The molecule has 8 nitrogen and oxygen atoms in total. The molecule has 0 spiro atoms. The van der Waals surface area contributed by atoms with Gasteiger partial charge in [-0.1, -0.05) is 41.2 Å². The number of sulfonamides is 1. The number of amides is 1. The van der Waals surface area contributed by atoms with E-state index in [4.69, 9.17) is 9.72 Å². The van der Waals surface area contributed by atoms with Crippen molar-refractivity contribution in [2.45, 2.75) is 11.8 Å². The summed E-state index contributed by atoms with van der Waals surface area (Å²) in [6.45, 7) is 4.19. The van der Waals surface area contributed by atoms with E-state index in [1.165, 1.54) is 0 Å². The minimum Gasteiger partial charge on any atom is -0.497 e. The zero-order valence-electron chi connectivity index (χ0n) is 20.0. The number of nitrogens with one attached hydrogen (secondary N) is 1. The molecule has 186 valence electrons. The number of aromatic nitrogens is 1. The van der Waals surface area contributed by atoms with Crippen LogP contribution >= 0.6 is 11.3 Å². The summed E-state index contributed by atoms with van der Waals surface area (Å²) >= 11 is 1.60. The van der Waals surface area contributed by atoms with E-state index in [9.17, 15) is 13.2 Å². The smallest absolute Gasteiger partial charge is 0.261 e. The zero-order valence-corrected chi connectivity index (χ0v) is 21.6. The van der Waals surface area contributed by atoms with Crippen molar-refractivity contribution in [2.24, 2.45) is 0 Å². The van der Waals surface area contributed by atoms with Crippen LogP contribution in [0.1, 0.15) is 15.9 Å². The highest BCUT2D eigenvalue weighted by Gasteiger charge is 2.26. The molecular formula is C26H26N4O4S2. The molecule has 1 amide bonds. The number of hydrogen-bond acceptors (Lipinski definition) is 7. The molecule has 1 aliphatic heterocycles. The topological polar surface area (TPSA) is 91.8 Å². The van der Waals surface area contributed by atoms with E-state index in [0.717, 1.165) is 26.7 Å². The number of piperazine rings is 1. The first-order valence-electron chi connectivity index (χ1n) is 11.5. The van der Waals surface area contributed by atoms with Crippen molar-refractivity contribution >= 4 is 48.3 Å². The molecule has 0 bridgehead atoms. The third-order valence-electron chi connectivity index (χ3n) is 6.15. The SMILES string of the molecule is COc1ccc2nc(N3CCN(C(=O)c4ccccc4NS(=O)(=O)c4ccc(C)cc4)CC3)sc2c1. The van der Waals surface area contributed by atoms with Gasteiger partial charge in [0.1, 0.15) is 5.75 Å². The Labute approximate surface area is 214 Å². The number of ether oxygens (including phenoxy) is 1. The number of carbonyl (C=O) groups excluding carboxylic acids is 1. The molecule has 0 saturated carbocycles. The van der Waals surface area contributed by atoms with Crippen molar-refractivity contribution in [2.75, 3.05) is 42.9 Å². The molecule has 0 radical (unpaired) electrons. The number of benzene rings is 3. The van der Waals surface area contributed by atoms with Crippen LogP contribution in [0.4, 0.5) is 10.8 Å². The second-order valence-electron chi connectivity index (χ2n) is 8.57. The van der Waals surface area contributed by atoms with Crippen molar-refractivity contribution in [3.8, 4) is 5.75 Å². The molecule has 1 saturated heterocycles. The summed E-state index contributed by atoms with van der Waals surface area (Å²) in [5.41, 5.74) is 2.48. The molecule has 0 atom stereocenters. The normalized spacial score (nSPS) is 14.2. The Balaban J connectivity index is 1.29. The van der Waals surface area contributed by atoms with Gasteiger partial charge in [0, 0.05) is 26.2 Å². The van der Waals surface area contributed by atoms with Crippen molar-refractivity contribution in [3.63, 3.8) is 0 Å². The zero-order chi connectivity index (χ0) is 25.3. The number of aryl methyl sites for hydroxylation is 1. The third kappa shape index (κ3) is 4.87. The van der Waals surface area contributed by atoms with Crippen molar-refractivity contribution in [1.82, 2.24) is 9.88 Å². The predicted octanol–water partition coefficient (Wildman–Crippen LogP) is 4.38. The summed E-state index contributed by atoms with van der Waals surface area (Å²) in [6.07, 6.45) is 0. The standard InChI is InChI=1S/C26H26N4O4S2/c1-18-7-10-20(11-8-18)36(32,33)28-22-6-4-3-5-21(22)25(31)29-13-15-30(16-14-29)26-27-23-12-9-19(34-2)17-24(23)35-26/h3-12,17,28H,13-16H2,1-2H3. The van der Waals surface area contributed by atoms with Gasteiger partial charge in [0.05, 0.1) is 33.5 Å². The van der Waals surface area contributed by atoms with E-state index < -0.39 is 10.0 Å². The number of nitrogens with zero attached hydrogens (tertiary/aromatic N) is 3. The number of anilines is 2. The van der Waals surface area contributed by atoms with Gasteiger partial charge in [0.2, 0.25) is 0 Å². The Bertz CT molecular complexity index is 1510. The minimum atomic E-state index is -3.82. The van der Waals surface area contributed by atoms with Gasteiger partial charge in [-0.3, -0.25) is 9.52 Å². The lowest BCUT2D eigenvalue weighted by Gasteiger charge is -2.34. The molecule has 1 fully saturated rings.